The van der Waals surface area contributed by atoms with E-state index in [2.05, 4.69) is 67.4 Å². The smallest absolute Gasteiger partial charge is 0.179 e. The molecule has 0 aliphatic rings. The van der Waals surface area contributed by atoms with Gasteiger partial charge >= 0.3 is 0 Å². The molecule has 0 aromatic heterocycles. The minimum absolute atomic E-state index is 0.116. The van der Waals surface area contributed by atoms with Crippen LogP contribution in [0.2, 0.25) is 0 Å². The van der Waals surface area contributed by atoms with E-state index in [1.165, 1.54) is 0 Å². The average Bonchev–Trinajstić information content (AvgIpc) is 2.53. The predicted octanol–water partition coefficient (Wildman–Crippen LogP) is 5.00. The number of hydrogen-bond acceptors (Lipinski definition) is 4. The van der Waals surface area contributed by atoms with Crippen LogP contribution < -0.4 is 5.32 Å². The van der Waals surface area contributed by atoms with Gasteiger partial charge in [0.1, 0.15) is 19.0 Å². The molecule has 1 aromatic rings. The van der Waals surface area contributed by atoms with Crippen LogP contribution in [0, 0.1) is 3.57 Å². The number of nitrogens with one attached hydrogen (secondary N) is 1. The van der Waals surface area contributed by atoms with Crippen molar-refractivity contribution in [2.24, 2.45) is 0 Å². The maximum atomic E-state index is 6.14. The summed E-state index contributed by atoms with van der Waals surface area (Å²) in [6.07, 6.45) is 2.75. The molecule has 0 heterocycles. The van der Waals surface area contributed by atoms with Crippen LogP contribution in [0.15, 0.2) is 36.7 Å². The lowest BCUT2D eigenvalue weighted by molar-refractivity contribution is -0.124. The van der Waals surface area contributed by atoms with Crippen LogP contribution in [0.3, 0.4) is 0 Å². The van der Waals surface area contributed by atoms with Crippen LogP contribution in [0.25, 0.3) is 0 Å². The van der Waals surface area contributed by atoms with Gasteiger partial charge in [-0.1, -0.05) is 31.5 Å². The van der Waals surface area contributed by atoms with Crippen LogP contribution in [0.5, 0.6) is 0 Å². The van der Waals surface area contributed by atoms with Gasteiger partial charge in [-0.05, 0) is 67.5 Å². The van der Waals surface area contributed by atoms with Gasteiger partial charge in [0.25, 0.3) is 0 Å². The van der Waals surface area contributed by atoms with Crippen molar-refractivity contribution in [1.29, 1.82) is 0 Å². The molecule has 1 N–H and O–H groups in total. The first-order chi connectivity index (χ1) is 11.5. The molecule has 0 radical (unpaired) electrons. The summed E-state index contributed by atoms with van der Waals surface area (Å²) in [6, 6.07) is 8.50. The third-order valence-corrected chi connectivity index (χ3v) is 4.48. The zero-order valence-corrected chi connectivity index (χ0v) is 17.3. The summed E-state index contributed by atoms with van der Waals surface area (Å²) < 4.78 is 18.4. The second kappa shape index (κ2) is 11.7. The maximum absolute atomic E-state index is 6.14. The van der Waals surface area contributed by atoms with Crippen LogP contribution in [-0.4, -0.2) is 26.0 Å². The minimum Gasteiger partial charge on any atom is -0.473 e. The second-order valence-electron chi connectivity index (χ2n) is 6.04. The lowest BCUT2D eigenvalue weighted by atomic mass is 10.00. The van der Waals surface area contributed by atoms with Crippen molar-refractivity contribution in [3.05, 3.63) is 45.9 Å². The molecule has 0 saturated heterocycles. The van der Waals surface area contributed by atoms with E-state index in [-0.39, 0.29) is 25.0 Å². The van der Waals surface area contributed by atoms with E-state index >= 15 is 0 Å². The topological polar surface area (TPSA) is 39.7 Å². The van der Waals surface area contributed by atoms with Gasteiger partial charge in [0.05, 0.1) is 0 Å². The number of methoxy groups -OCH3 is 1. The lowest BCUT2D eigenvalue weighted by Crippen LogP contribution is -2.31. The van der Waals surface area contributed by atoms with Crippen molar-refractivity contribution in [2.45, 2.75) is 58.3 Å². The highest BCUT2D eigenvalue weighted by atomic mass is 127. The number of rotatable bonds is 12. The normalized spacial score (nSPS) is 13.6. The number of unbranched alkanes of at least 4 members (excludes halogenated alkanes) is 1. The Hall–Kier alpha value is -0.790. The molecular formula is C19H30INO3. The minimum atomic E-state index is -0.199. The highest BCUT2D eigenvalue weighted by Crippen LogP contribution is 2.31. The highest BCUT2D eigenvalue weighted by Gasteiger charge is 2.27. The Morgan fingerprint density at radius 1 is 1.29 bits per heavy atom. The largest absolute Gasteiger partial charge is 0.473 e. The molecular weight excluding hydrogens is 417 g/mol. The summed E-state index contributed by atoms with van der Waals surface area (Å²) in [5.41, 5.74) is 1.12. The fourth-order valence-corrected chi connectivity index (χ4v) is 3.16. The maximum Gasteiger partial charge on any atom is 0.179 e. The van der Waals surface area contributed by atoms with Gasteiger partial charge in [-0.3, -0.25) is 0 Å². The summed E-state index contributed by atoms with van der Waals surface area (Å²) >= 11 is 2.34. The van der Waals surface area contributed by atoms with Gasteiger partial charge in [0.2, 0.25) is 0 Å². The molecule has 24 heavy (non-hydrogen) atoms. The van der Waals surface area contributed by atoms with Crippen molar-refractivity contribution in [1.82, 2.24) is 5.32 Å². The zero-order valence-electron chi connectivity index (χ0n) is 15.2. The Bertz CT molecular complexity index is 493. The average molecular weight is 447 g/mol. The Morgan fingerprint density at radius 3 is 2.58 bits per heavy atom. The highest BCUT2D eigenvalue weighted by molar-refractivity contribution is 14.1. The fourth-order valence-electron chi connectivity index (χ4n) is 2.46. The molecule has 136 valence electrons. The monoisotopic (exact) mass is 447 g/mol. The molecule has 0 saturated carbocycles. The van der Waals surface area contributed by atoms with Gasteiger partial charge in [0.15, 0.2) is 5.88 Å². The van der Waals surface area contributed by atoms with Crippen LogP contribution in [-0.2, 0) is 14.2 Å². The van der Waals surface area contributed by atoms with Crippen molar-refractivity contribution in [2.75, 3.05) is 13.9 Å². The number of ether oxygens (including phenoxy) is 3. The molecule has 0 amide bonds. The summed E-state index contributed by atoms with van der Waals surface area (Å²) in [6.45, 7) is 10.5. The van der Waals surface area contributed by atoms with Crippen LogP contribution in [0.1, 0.15) is 51.7 Å². The van der Waals surface area contributed by atoms with E-state index in [4.69, 9.17) is 14.2 Å². The Morgan fingerprint density at radius 2 is 2.00 bits per heavy atom. The first-order valence-electron chi connectivity index (χ1n) is 8.46. The predicted molar refractivity (Wildman–Crippen MR) is 107 cm³/mol. The first-order valence-corrected chi connectivity index (χ1v) is 9.54. The Balaban J connectivity index is 3.00. The summed E-state index contributed by atoms with van der Waals surface area (Å²) in [5.74, 6) is 0.586. The fraction of sp³-hybridized carbons (Fsp3) is 0.579. The van der Waals surface area contributed by atoms with Gasteiger partial charge in [-0.25, -0.2) is 0 Å². The third-order valence-electron chi connectivity index (χ3n) is 3.50. The third kappa shape index (κ3) is 7.40. The summed E-state index contributed by atoms with van der Waals surface area (Å²) in [4.78, 5) is 0. The molecule has 1 rings (SSSR count). The van der Waals surface area contributed by atoms with E-state index in [0.29, 0.717) is 5.88 Å². The van der Waals surface area contributed by atoms with Gasteiger partial charge < -0.3 is 19.5 Å². The van der Waals surface area contributed by atoms with E-state index in [0.717, 1.165) is 28.4 Å². The van der Waals surface area contributed by atoms with Crippen molar-refractivity contribution < 1.29 is 14.2 Å². The number of halogens is 1. The van der Waals surface area contributed by atoms with E-state index in [9.17, 15) is 0 Å². The molecule has 0 aliphatic heterocycles. The molecule has 0 spiro atoms. The molecule has 5 heteroatoms. The van der Waals surface area contributed by atoms with Gasteiger partial charge in [0, 0.05) is 16.7 Å². The van der Waals surface area contributed by atoms with Crippen molar-refractivity contribution in [3.8, 4) is 0 Å². The SMILES string of the molecule is C=C(NC(C)C)O[C@@H](CCCC)[C@@H](OCOC)c1ccccc1I. The second-order valence-corrected chi connectivity index (χ2v) is 7.20. The van der Waals surface area contributed by atoms with E-state index in [1.807, 2.05) is 12.1 Å². The standard InChI is InChI=1S/C19H30INO3/c1-6-7-12-18(24-15(4)21-14(2)3)19(23-13-22-5)16-10-8-9-11-17(16)20/h8-11,14,18-19,21H,4,6-7,12-13H2,1-3,5H3/t18-,19-/m0/s1. The number of benzene rings is 1. The van der Waals surface area contributed by atoms with Gasteiger partial charge in [-0.15, -0.1) is 0 Å². The zero-order chi connectivity index (χ0) is 17.9. The van der Waals surface area contributed by atoms with Crippen molar-refractivity contribution >= 4 is 22.6 Å². The Labute approximate surface area is 160 Å². The van der Waals surface area contributed by atoms with Gasteiger partial charge in [-0.2, -0.15) is 0 Å². The molecule has 0 bridgehead atoms. The molecule has 0 aliphatic carbocycles. The molecule has 4 nitrogen and oxygen atoms in total. The summed E-state index contributed by atoms with van der Waals surface area (Å²) in [7, 11) is 1.63. The van der Waals surface area contributed by atoms with E-state index < -0.39 is 0 Å². The molecule has 0 unspecified atom stereocenters. The lowest BCUT2D eigenvalue weighted by Gasteiger charge is -2.30. The summed E-state index contributed by atoms with van der Waals surface area (Å²) in [5, 5.41) is 3.22. The molecule has 2 atom stereocenters. The molecule has 1 aromatic carbocycles. The molecule has 0 fully saturated rings. The first kappa shape index (κ1) is 21.3. The van der Waals surface area contributed by atoms with Crippen molar-refractivity contribution in [3.63, 3.8) is 0 Å². The van der Waals surface area contributed by atoms with Crippen LogP contribution in [0.4, 0.5) is 0 Å². The van der Waals surface area contributed by atoms with Crippen LogP contribution >= 0.6 is 22.6 Å². The number of hydrogen-bond donors (Lipinski definition) is 1. The quantitative estimate of drug-likeness (QED) is 0.278. The van der Waals surface area contributed by atoms with E-state index in [1.54, 1.807) is 7.11 Å². The Kier molecular flexibility index (Phi) is 10.4.